The maximum Gasteiger partial charge on any atom is 0.230 e. The molecule has 0 aromatic carbocycles. The predicted molar refractivity (Wildman–Crippen MR) is 70.3 cm³/mol. The zero-order chi connectivity index (χ0) is 13.4. The standard InChI is InChI=1S/C10H18ClN5O2/c1-16(2)10-14-8(11)13-9(15-10)12-4-5-18-7-6-17-3/h4-7H2,1-3H3,(H,12,13,14,15). The Labute approximate surface area is 111 Å². The molecule has 0 amide bonds. The van der Waals surface area contributed by atoms with Gasteiger partial charge < -0.3 is 19.7 Å². The summed E-state index contributed by atoms with van der Waals surface area (Å²) in [4.78, 5) is 13.9. The van der Waals surface area contributed by atoms with Crippen molar-refractivity contribution in [2.24, 2.45) is 0 Å². The molecule has 7 nitrogen and oxygen atoms in total. The van der Waals surface area contributed by atoms with Gasteiger partial charge >= 0.3 is 0 Å². The minimum atomic E-state index is 0.163. The molecule has 1 heterocycles. The Morgan fingerprint density at radius 3 is 2.61 bits per heavy atom. The van der Waals surface area contributed by atoms with E-state index in [0.29, 0.717) is 38.3 Å². The summed E-state index contributed by atoms with van der Waals surface area (Å²) in [5, 5.41) is 3.18. The van der Waals surface area contributed by atoms with Gasteiger partial charge in [0.1, 0.15) is 0 Å². The van der Waals surface area contributed by atoms with Gasteiger partial charge in [-0.25, -0.2) is 0 Å². The van der Waals surface area contributed by atoms with Crippen LogP contribution < -0.4 is 10.2 Å². The average molecular weight is 276 g/mol. The lowest BCUT2D eigenvalue weighted by molar-refractivity contribution is 0.0759. The fraction of sp³-hybridized carbons (Fsp3) is 0.700. The van der Waals surface area contributed by atoms with E-state index >= 15 is 0 Å². The van der Waals surface area contributed by atoms with Crippen molar-refractivity contribution in [1.29, 1.82) is 0 Å². The first-order valence-electron chi connectivity index (χ1n) is 5.53. The number of aromatic nitrogens is 3. The third-order valence-corrected chi connectivity index (χ3v) is 2.13. The molecule has 0 saturated carbocycles. The van der Waals surface area contributed by atoms with E-state index in [-0.39, 0.29) is 5.28 Å². The fourth-order valence-corrected chi connectivity index (χ4v) is 1.25. The second kappa shape index (κ2) is 8.02. The third kappa shape index (κ3) is 5.44. The Balaban J connectivity index is 2.37. The summed E-state index contributed by atoms with van der Waals surface area (Å²) in [7, 11) is 5.31. The van der Waals surface area contributed by atoms with Gasteiger partial charge in [0.25, 0.3) is 0 Å². The van der Waals surface area contributed by atoms with Gasteiger partial charge in [0.05, 0.1) is 19.8 Å². The summed E-state index contributed by atoms with van der Waals surface area (Å²) in [6.07, 6.45) is 0. The molecule has 0 bridgehead atoms. The summed E-state index contributed by atoms with van der Waals surface area (Å²) < 4.78 is 10.2. The number of hydrogen-bond donors (Lipinski definition) is 1. The van der Waals surface area contributed by atoms with Crippen molar-refractivity contribution < 1.29 is 9.47 Å². The first-order chi connectivity index (χ1) is 8.63. The van der Waals surface area contributed by atoms with Gasteiger partial charge in [-0.1, -0.05) is 0 Å². The number of nitrogens with zero attached hydrogens (tertiary/aromatic N) is 4. The zero-order valence-corrected chi connectivity index (χ0v) is 11.6. The zero-order valence-electron chi connectivity index (χ0n) is 10.8. The number of nitrogens with one attached hydrogen (secondary N) is 1. The van der Waals surface area contributed by atoms with Gasteiger partial charge in [-0.15, -0.1) is 0 Å². The van der Waals surface area contributed by atoms with Crippen LogP contribution in [0.25, 0.3) is 0 Å². The minimum Gasteiger partial charge on any atom is -0.382 e. The van der Waals surface area contributed by atoms with E-state index < -0.39 is 0 Å². The molecule has 1 aromatic heterocycles. The van der Waals surface area contributed by atoms with Crippen LogP contribution in [0.3, 0.4) is 0 Å². The highest BCUT2D eigenvalue weighted by atomic mass is 35.5. The topological polar surface area (TPSA) is 72.4 Å². The van der Waals surface area contributed by atoms with E-state index in [1.165, 1.54) is 0 Å². The van der Waals surface area contributed by atoms with Crippen molar-refractivity contribution in [2.45, 2.75) is 0 Å². The molecule has 18 heavy (non-hydrogen) atoms. The Bertz CT molecular complexity index is 364. The van der Waals surface area contributed by atoms with E-state index in [9.17, 15) is 0 Å². The number of methoxy groups -OCH3 is 1. The van der Waals surface area contributed by atoms with Gasteiger partial charge in [0.15, 0.2) is 0 Å². The molecule has 0 aliphatic rings. The molecule has 102 valence electrons. The van der Waals surface area contributed by atoms with E-state index in [4.69, 9.17) is 21.1 Å². The molecule has 0 aliphatic carbocycles. The van der Waals surface area contributed by atoms with Crippen LogP contribution in [0.4, 0.5) is 11.9 Å². The number of halogens is 1. The molecule has 0 atom stereocenters. The third-order valence-electron chi connectivity index (χ3n) is 1.96. The van der Waals surface area contributed by atoms with Crippen LogP contribution >= 0.6 is 11.6 Å². The molecular weight excluding hydrogens is 258 g/mol. The molecule has 0 unspecified atom stereocenters. The van der Waals surface area contributed by atoms with Gasteiger partial charge in [-0.3, -0.25) is 0 Å². The summed E-state index contributed by atoms with van der Waals surface area (Å²) in [6.45, 7) is 2.29. The fourth-order valence-electron chi connectivity index (χ4n) is 1.10. The monoisotopic (exact) mass is 275 g/mol. The average Bonchev–Trinajstić information content (AvgIpc) is 2.33. The molecule has 1 N–H and O–H groups in total. The van der Waals surface area contributed by atoms with Crippen LogP contribution in [0, 0.1) is 0 Å². The first kappa shape index (κ1) is 14.9. The summed E-state index contributed by atoms with van der Waals surface area (Å²) >= 11 is 5.80. The highest BCUT2D eigenvalue weighted by Gasteiger charge is 2.05. The van der Waals surface area contributed by atoms with Crippen LogP contribution in [-0.4, -0.2) is 62.5 Å². The highest BCUT2D eigenvalue weighted by Crippen LogP contribution is 2.10. The van der Waals surface area contributed by atoms with Crippen LogP contribution in [0.1, 0.15) is 0 Å². The summed E-state index contributed by atoms with van der Waals surface area (Å²) in [6, 6.07) is 0. The minimum absolute atomic E-state index is 0.163. The van der Waals surface area contributed by atoms with Crippen LogP contribution in [0.2, 0.25) is 5.28 Å². The lowest BCUT2D eigenvalue weighted by atomic mass is 10.6. The lowest BCUT2D eigenvalue weighted by Crippen LogP contribution is -2.17. The van der Waals surface area contributed by atoms with Crippen LogP contribution in [0.15, 0.2) is 0 Å². The van der Waals surface area contributed by atoms with Gasteiger partial charge in [-0.2, -0.15) is 15.0 Å². The van der Waals surface area contributed by atoms with Crippen molar-refractivity contribution in [3.05, 3.63) is 5.28 Å². The Morgan fingerprint density at radius 2 is 1.94 bits per heavy atom. The van der Waals surface area contributed by atoms with Crippen molar-refractivity contribution in [1.82, 2.24) is 15.0 Å². The molecule has 0 saturated heterocycles. The molecule has 0 fully saturated rings. The SMILES string of the molecule is COCCOCCNc1nc(Cl)nc(N(C)C)n1. The van der Waals surface area contributed by atoms with E-state index in [2.05, 4.69) is 20.3 Å². The molecule has 1 aromatic rings. The smallest absolute Gasteiger partial charge is 0.230 e. The van der Waals surface area contributed by atoms with Gasteiger partial charge in [0.2, 0.25) is 17.2 Å². The largest absolute Gasteiger partial charge is 0.382 e. The Kier molecular flexibility index (Phi) is 6.63. The molecule has 0 spiro atoms. The van der Waals surface area contributed by atoms with Gasteiger partial charge in [0, 0.05) is 27.7 Å². The Morgan fingerprint density at radius 1 is 1.17 bits per heavy atom. The molecule has 0 radical (unpaired) electrons. The maximum absolute atomic E-state index is 5.80. The summed E-state index contributed by atoms with van der Waals surface area (Å²) in [5.41, 5.74) is 0. The number of ether oxygens (including phenoxy) is 2. The van der Waals surface area contributed by atoms with Crippen molar-refractivity contribution >= 4 is 23.5 Å². The predicted octanol–water partition coefficient (Wildman–Crippen LogP) is 0.666. The normalized spacial score (nSPS) is 10.4. The molecule has 0 aliphatic heterocycles. The quantitative estimate of drug-likeness (QED) is 0.699. The lowest BCUT2D eigenvalue weighted by Gasteiger charge is -2.11. The molecule has 8 heteroatoms. The van der Waals surface area contributed by atoms with Crippen molar-refractivity contribution in [3.8, 4) is 0 Å². The van der Waals surface area contributed by atoms with Gasteiger partial charge in [-0.05, 0) is 11.6 Å². The van der Waals surface area contributed by atoms with E-state index in [1.807, 2.05) is 14.1 Å². The summed E-state index contributed by atoms with van der Waals surface area (Å²) in [5.74, 6) is 0.951. The number of rotatable bonds is 8. The highest BCUT2D eigenvalue weighted by molar-refractivity contribution is 6.28. The maximum atomic E-state index is 5.80. The first-order valence-corrected chi connectivity index (χ1v) is 5.90. The Hall–Kier alpha value is -1.18. The second-order valence-electron chi connectivity index (χ2n) is 3.65. The molecular formula is C10H18ClN5O2. The number of hydrogen-bond acceptors (Lipinski definition) is 7. The second-order valence-corrected chi connectivity index (χ2v) is 3.99. The number of anilines is 2. The van der Waals surface area contributed by atoms with Crippen molar-refractivity contribution in [3.63, 3.8) is 0 Å². The van der Waals surface area contributed by atoms with Crippen molar-refractivity contribution in [2.75, 3.05) is 57.8 Å². The molecule has 1 rings (SSSR count). The van der Waals surface area contributed by atoms with Crippen LogP contribution in [0.5, 0.6) is 0 Å². The van der Waals surface area contributed by atoms with E-state index in [0.717, 1.165) is 0 Å². The van der Waals surface area contributed by atoms with E-state index in [1.54, 1.807) is 12.0 Å². The van der Waals surface area contributed by atoms with Crippen LogP contribution in [-0.2, 0) is 9.47 Å².